The Labute approximate surface area is 154 Å². The Morgan fingerprint density at radius 3 is 2.89 bits per heavy atom. The minimum absolute atomic E-state index is 0.0377. The summed E-state index contributed by atoms with van der Waals surface area (Å²) in [5.74, 6) is -1.23. The van der Waals surface area contributed by atoms with Crippen LogP contribution in [0.2, 0.25) is 0 Å². The molecule has 3 heterocycles. The molecule has 140 valence electrons. The highest BCUT2D eigenvalue weighted by atomic mass is 19.2. The SMILES string of the molecule is CC[C@@H](C(=O)N1CCc2onc(-c3ccc(F)c(F)c3)c2C1)n1cccn1. The van der Waals surface area contributed by atoms with Gasteiger partial charge < -0.3 is 9.42 Å². The second kappa shape index (κ2) is 6.94. The van der Waals surface area contributed by atoms with Gasteiger partial charge in [0.1, 0.15) is 17.5 Å². The van der Waals surface area contributed by atoms with Gasteiger partial charge in [0.15, 0.2) is 11.6 Å². The summed E-state index contributed by atoms with van der Waals surface area (Å²) in [6.45, 7) is 2.76. The molecule has 1 atom stereocenters. The molecule has 0 aliphatic carbocycles. The molecule has 0 saturated heterocycles. The third-order valence-electron chi connectivity index (χ3n) is 4.85. The summed E-state index contributed by atoms with van der Waals surface area (Å²) in [6, 6.07) is 5.00. The Hall–Kier alpha value is -3.03. The van der Waals surface area contributed by atoms with Gasteiger partial charge in [-0.15, -0.1) is 0 Å². The number of hydrogen-bond acceptors (Lipinski definition) is 4. The van der Waals surface area contributed by atoms with Crippen molar-refractivity contribution in [2.75, 3.05) is 6.54 Å². The number of hydrogen-bond donors (Lipinski definition) is 0. The number of carbonyl (C=O) groups is 1. The highest BCUT2D eigenvalue weighted by Gasteiger charge is 2.31. The molecular weight excluding hydrogens is 354 g/mol. The monoisotopic (exact) mass is 372 g/mol. The van der Waals surface area contributed by atoms with E-state index < -0.39 is 11.6 Å². The van der Waals surface area contributed by atoms with Gasteiger partial charge in [-0.1, -0.05) is 12.1 Å². The lowest BCUT2D eigenvalue weighted by atomic mass is 10.0. The van der Waals surface area contributed by atoms with E-state index >= 15 is 0 Å². The predicted octanol–water partition coefficient (Wildman–Crippen LogP) is 3.35. The van der Waals surface area contributed by atoms with Crippen LogP contribution in [0.5, 0.6) is 0 Å². The zero-order chi connectivity index (χ0) is 19.0. The van der Waals surface area contributed by atoms with E-state index in [0.29, 0.717) is 42.9 Å². The quantitative estimate of drug-likeness (QED) is 0.705. The largest absolute Gasteiger partial charge is 0.360 e. The lowest BCUT2D eigenvalue weighted by molar-refractivity contribution is -0.136. The van der Waals surface area contributed by atoms with Gasteiger partial charge in [-0.25, -0.2) is 8.78 Å². The van der Waals surface area contributed by atoms with E-state index in [4.69, 9.17) is 4.52 Å². The molecule has 0 spiro atoms. The van der Waals surface area contributed by atoms with Crippen LogP contribution in [-0.4, -0.2) is 32.3 Å². The normalized spacial score (nSPS) is 14.9. The third kappa shape index (κ3) is 3.11. The summed E-state index contributed by atoms with van der Waals surface area (Å²) in [6.07, 6.45) is 4.55. The van der Waals surface area contributed by atoms with Crippen molar-refractivity contribution in [3.05, 3.63) is 59.6 Å². The maximum Gasteiger partial charge on any atom is 0.247 e. The molecule has 0 N–H and O–H groups in total. The smallest absolute Gasteiger partial charge is 0.247 e. The van der Waals surface area contributed by atoms with Crippen LogP contribution in [0.3, 0.4) is 0 Å². The number of nitrogens with zero attached hydrogens (tertiary/aromatic N) is 4. The Morgan fingerprint density at radius 1 is 1.33 bits per heavy atom. The topological polar surface area (TPSA) is 64.2 Å². The molecule has 8 heteroatoms. The summed E-state index contributed by atoms with van der Waals surface area (Å²) < 4.78 is 33.9. The van der Waals surface area contributed by atoms with Crippen LogP contribution in [0.15, 0.2) is 41.2 Å². The molecule has 0 radical (unpaired) electrons. The van der Waals surface area contributed by atoms with Crippen molar-refractivity contribution >= 4 is 5.91 Å². The highest BCUT2D eigenvalue weighted by Crippen LogP contribution is 2.31. The molecule has 27 heavy (non-hydrogen) atoms. The minimum atomic E-state index is -0.947. The van der Waals surface area contributed by atoms with E-state index in [1.165, 1.54) is 6.07 Å². The Kier molecular flexibility index (Phi) is 4.47. The van der Waals surface area contributed by atoms with Crippen LogP contribution in [0.1, 0.15) is 30.7 Å². The fourth-order valence-electron chi connectivity index (χ4n) is 3.42. The van der Waals surface area contributed by atoms with Gasteiger partial charge in [0.05, 0.1) is 6.54 Å². The number of carbonyl (C=O) groups excluding carboxylic acids is 1. The Morgan fingerprint density at radius 2 is 2.19 bits per heavy atom. The third-order valence-corrected chi connectivity index (χ3v) is 4.85. The molecular formula is C19H18F2N4O2. The molecule has 0 bridgehead atoms. The fourth-order valence-corrected chi connectivity index (χ4v) is 3.42. The molecule has 4 rings (SSSR count). The number of amides is 1. The van der Waals surface area contributed by atoms with E-state index in [2.05, 4.69) is 10.3 Å². The number of aromatic nitrogens is 3. The lowest BCUT2D eigenvalue weighted by Crippen LogP contribution is -2.40. The second-order valence-corrected chi connectivity index (χ2v) is 6.48. The van der Waals surface area contributed by atoms with E-state index in [1.54, 1.807) is 28.0 Å². The summed E-state index contributed by atoms with van der Waals surface area (Å²) in [4.78, 5) is 14.7. The Balaban J connectivity index is 1.62. The average molecular weight is 372 g/mol. The van der Waals surface area contributed by atoms with E-state index in [0.717, 1.165) is 17.7 Å². The van der Waals surface area contributed by atoms with Crippen LogP contribution in [0.25, 0.3) is 11.3 Å². The van der Waals surface area contributed by atoms with Gasteiger partial charge in [-0.3, -0.25) is 9.48 Å². The van der Waals surface area contributed by atoms with Crippen LogP contribution in [0.4, 0.5) is 8.78 Å². The van der Waals surface area contributed by atoms with Gasteiger partial charge in [0, 0.05) is 36.5 Å². The second-order valence-electron chi connectivity index (χ2n) is 6.48. The Bertz CT molecular complexity index is 968. The number of benzene rings is 1. The van der Waals surface area contributed by atoms with Crippen molar-refractivity contribution in [1.29, 1.82) is 0 Å². The summed E-state index contributed by atoms with van der Waals surface area (Å²) >= 11 is 0. The number of halogens is 2. The van der Waals surface area contributed by atoms with Crippen molar-refractivity contribution in [1.82, 2.24) is 19.8 Å². The summed E-state index contributed by atoms with van der Waals surface area (Å²) in [7, 11) is 0. The van der Waals surface area contributed by atoms with Crippen LogP contribution in [-0.2, 0) is 17.8 Å². The predicted molar refractivity (Wildman–Crippen MR) is 92.5 cm³/mol. The lowest BCUT2D eigenvalue weighted by Gasteiger charge is -2.29. The van der Waals surface area contributed by atoms with Gasteiger partial charge in [0.2, 0.25) is 5.91 Å². The highest BCUT2D eigenvalue weighted by molar-refractivity contribution is 5.81. The molecule has 1 aromatic carbocycles. The van der Waals surface area contributed by atoms with Crippen molar-refractivity contribution in [2.24, 2.45) is 0 Å². The van der Waals surface area contributed by atoms with Crippen LogP contribution < -0.4 is 0 Å². The van der Waals surface area contributed by atoms with Crippen molar-refractivity contribution in [2.45, 2.75) is 32.4 Å². The zero-order valence-corrected chi connectivity index (χ0v) is 14.7. The molecule has 2 aromatic heterocycles. The van der Waals surface area contributed by atoms with Crippen LogP contribution >= 0.6 is 0 Å². The zero-order valence-electron chi connectivity index (χ0n) is 14.7. The molecule has 1 aliphatic rings. The number of rotatable bonds is 4. The molecule has 6 nitrogen and oxygen atoms in total. The molecule has 0 unspecified atom stereocenters. The average Bonchev–Trinajstić information content (AvgIpc) is 3.34. The first-order valence-electron chi connectivity index (χ1n) is 8.79. The first-order valence-corrected chi connectivity index (χ1v) is 8.79. The van der Waals surface area contributed by atoms with Crippen molar-refractivity contribution in [3.8, 4) is 11.3 Å². The van der Waals surface area contributed by atoms with Gasteiger partial charge in [-0.2, -0.15) is 5.10 Å². The number of fused-ring (bicyclic) bond motifs is 1. The first-order chi connectivity index (χ1) is 13.1. The molecule has 1 aliphatic heterocycles. The van der Waals surface area contributed by atoms with E-state index in [-0.39, 0.29) is 11.9 Å². The fraction of sp³-hybridized carbons (Fsp3) is 0.316. The van der Waals surface area contributed by atoms with Gasteiger partial charge in [-0.05, 0) is 30.7 Å². The maximum absolute atomic E-state index is 13.6. The summed E-state index contributed by atoms with van der Waals surface area (Å²) in [5.41, 5.74) is 1.59. The molecule has 0 fully saturated rings. The van der Waals surface area contributed by atoms with Crippen LogP contribution in [0, 0.1) is 11.6 Å². The van der Waals surface area contributed by atoms with E-state index in [9.17, 15) is 13.6 Å². The summed E-state index contributed by atoms with van der Waals surface area (Å²) in [5, 5.41) is 8.21. The van der Waals surface area contributed by atoms with Gasteiger partial charge >= 0.3 is 0 Å². The standard InChI is InChI=1S/C19H18F2N4O2/c1-2-16(25-8-3-7-22-25)19(26)24-9-6-17-13(11-24)18(23-27-17)12-4-5-14(20)15(21)10-12/h3-5,7-8,10,16H,2,6,9,11H2,1H3/t16-/m0/s1. The maximum atomic E-state index is 13.6. The van der Waals surface area contributed by atoms with E-state index in [1.807, 2.05) is 6.92 Å². The van der Waals surface area contributed by atoms with Crippen molar-refractivity contribution in [3.63, 3.8) is 0 Å². The molecule has 0 saturated carbocycles. The minimum Gasteiger partial charge on any atom is -0.360 e. The first kappa shape index (κ1) is 17.4. The molecule has 1 amide bonds. The molecule has 3 aromatic rings. The van der Waals surface area contributed by atoms with Crippen molar-refractivity contribution < 1.29 is 18.1 Å². The van der Waals surface area contributed by atoms with Gasteiger partial charge in [0.25, 0.3) is 0 Å².